The van der Waals surface area contributed by atoms with Gasteiger partial charge in [0.05, 0.1) is 10.7 Å². The first kappa shape index (κ1) is 18.3. The van der Waals surface area contributed by atoms with Crippen LogP contribution in [0.4, 0.5) is 5.69 Å². The van der Waals surface area contributed by atoms with Crippen molar-refractivity contribution < 1.29 is 0 Å². The van der Waals surface area contributed by atoms with Crippen LogP contribution in [0, 0.1) is 0 Å². The minimum atomic E-state index is -0.594. The predicted molar refractivity (Wildman–Crippen MR) is 117 cm³/mol. The number of hydrogen-bond acceptors (Lipinski definition) is 2. The molecule has 4 aromatic carbocycles. The fourth-order valence-corrected chi connectivity index (χ4v) is 3.69. The van der Waals surface area contributed by atoms with Crippen LogP contribution in [0.15, 0.2) is 115 Å². The molecular formula is C25H21ClN2. The average Bonchev–Trinajstić information content (AvgIpc) is 2.78. The molecule has 0 heterocycles. The predicted octanol–water partition coefficient (Wildman–Crippen LogP) is 6.25. The van der Waals surface area contributed by atoms with E-state index in [4.69, 9.17) is 11.6 Å². The van der Waals surface area contributed by atoms with E-state index in [0.717, 1.165) is 22.4 Å². The van der Waals surface area contributed by atoms with Crippen molar-refractivity contribution in [1.29, 1.82) is 0 Å². The van der Waals surface area contributed by atoms with Gasteiger partial charge in [-0.2, -0.15) is 0 Å². The fourth-order valence-electron chi connectivity index (χ4n) is 3.50. The molecule has 0 fully saturated rings. The van der Waals surface area contributed by atoms with Crippen LogP contribution in [0.2, 0.25) is 5.02 Å². The summed E-state index contributed by atoms with van der Waals surface area (Å²) in [6.07, 6.45) is 0. The lowest BCUT2D eigenvalue weighted by molar-refractivity contribution is 0.520. The van der Waals surface area contributed by atoms with Gasteiger partial charge in [-0.25, -0.2) is 5.43 Å². The molecule has 3 heteroatoms. The molecule has 2 N–H and O–H groups in total. The van der Waals surface area contributed by atoms with Crippen LogP contribution in [-0.4, -0.2) is 0 Å². The van der Waals surface area contributed by atoms with Crippen molar-refractivity contribution in [3.8, 4) is 0 Å². The van der Waals surface area contributed by atoms with E-state index in [1.807, 2.05) is 42.5 Å². The SMILES string of the molecule is Clc1ccccc1NNC(c1ccccc1)(c1ccccc1)c1ccccc1. The fraction of sp³-hybridized carbons (Fsp3) is 0.0400. The molecule has 28 heavy (non-hydrogen) atoms. The van der Waals surface area contributed by atoms with Gasteiger partial charge in [-0.1, -0.05) is 115 Å². The monoisotopic (exact) mass is 384 g/mol. The van der Waals surface area contributed by atoms with Crippen LogP contribution in [0.3, 0.4) is 0 Å². The van der Waals surface area contributed by atoms with E-state index >= 15 is 0 Å². The second-order valence-electron chi connectivity index (χ2n) is 6.58. The number of nitrogens with one attached hydrogen (secondary N) is 2. The maximum absolute atomic E-state index is 6.39. The second kappa shape index (κ2) is 8.30. The summed E-state index contributed by atoms with van der Waals surface area (Å²) in [5, 5.41) is 0.665. The number of rotatable bonds is 6. The summed E-state index contributed by atoms with van der Waals surface area (Å²) in [6.45, 7) is 0. The van der Waals surface area contributed by atoms with Crippen molar-refractivity contribution in [2.75, 3.05) is 5.43 Å². The molecule has 138 valence electrons. The van der Waals surface area contributed by atoms with Crippen LogP contribution >= 0.6 is 11.6 Å². The first-order valence-corrected chi connectivity index (χ1v) is 9.63. The molecule has 0 saturated carbocycles. The Labute approximate surface area is 170 Å². The van der Waals surface area contributed by atoms with Gasteiger partial charge in [0, 0.05) is 0 Å². The topological polar surface area (TPSA) is 24.1 Å². The molecule has 0 spiro atoms. The molecule has 0 radical (unpaired) electrons. The maximum Gasteiger partial charge on any atom is 0.112 e. The van der Waals surface area contributed by atoms with Gasteiger partial charge in [0.25, 0.3) is 0 Å². The van der Waals surface area contributed by atoms with Crippen LogP contribution in [-0.2, 0) is 5.54 Å². The largest absolute Gasteiger partial charge is 0.319 e. The molecule has 0 atom stereocenters. The zero-order valence-electron chi connectivity index (χ0n) is 15.3. The van der Waals surface area contributed by atoms with Gasteiger partial charge >= 0.3 is 0 Å². The van der Waals surface area contributed by atoms with E-state index in [2.05, 4.69) is 83.6 Å². The number of hydrazine groups is 1. The summed E-state index contributed by atoms with van der Waals surface area (Å²) in [6, 6.07) is 39.0. The Hall–Kier alpha value is -3.07. The Kier molecular flexibility index (Phi) is 5.43. The van der Waals surface area contributed by atoms with Gasteiger partial charge < -0.3 is 5.43 Å². The zero-order valence-corrected chi connectivity index (χ0v) is 16.1. The normalized spacial score (nSPS) is 11.2. The van der Waals surface area contributed by atoms with Crippen molar-refractivity contribution >= 4 is 17.3 Å². The van der Waals surface area contributed by atoms with E-state index in [9.17, 15) is 0 Å². The highest BCUT2D eigenvalue weighted by atomic mass is 35.5. The van der Waals surface area contributed by atoms with Crippen LogP contribution < -0.4 is 10.9 Å². The summed E-state index contributed by atoms with van der Waals surface area (Å²) in [5.41, 5.74) is 10.6. The Balaban J connectivity index is 1.89. The average molecular weight is 385 g/mol. The summed E-state index contributed by atoms with van der Waals surface area (Å²) in [4.78, 5) is 0. The number of para-hydroxylation sites is 1. The third-order valence-corrected chi connectivity index (χ3v) is 5.21. The highest BCUT2D eigenvalue weighted by molar-refractivity contribution is 6.33. The van der Waals surface area contributed by atoms with Crippen molar-refractivity contribution in [3.05, 3.63) is 137 Å². The van der Waals surface area contributed by atoms with Crippen molar-refractivity contribution in [1.82, 2.24) is 5.43 Å². The molecule has 0 saturated heterocycles. The second-order valence-corrected chi connectivity index (χ2v) is 6.99. The summed E-state index contributed by atoms with van der Waals surface area (Å²) >= 11 is 6.39. The van der Waals surface area contributed by atoms with E-state index < -0.39 is 5.54 Å². The first-order chi connectivity index (χ1) is 13.8. The smallest absolute Gasteiger partial charge is 0.112 e. The van der Waals surface area contributed by atoms with Crippen LogP contribution in [0.1, 0.15) is 16.7 Å². The zero-order chi connectivity index (χ0) is 19.2. The van der Waals surface area contributed by atoms with Crippen LogP contribution in [0.25, 0.3) is 0 Å². The quantitative estimate of drug-likeness (QED) is 0.303. The standard InChI is InChI=1S/C25H21ClN2/c26-23-18-10-11-19-24(23)27-28-25(20-12-4-1-5-13-20,21-14-6-2-7-15-21)22-16-8-3-9-17-22/h1-19,27-28H. The summed E-state index contributed by atoms with van der Waals surface area (Å²) in [5.74, 6) is 0. The molecule has 0 amide bonds. The van der Waals surface area contributed by atoms with Gasteiger partial charge in [0.15, 0.2) is 0 Å². The molecule has 0 aliphatic carbocycles. The maximum atomic E-state index is 6.39. The lowest BCUT2D eigenvalue weighted by Gasteiger charge is -2.37. The van der Waals surface area contributed by atoms with Gasteiger partial charge in [-0.3, -0.25) is 0 Å². The molecule has 0 aromatic heterocycles. The number of hydrogen-bond donors (Lipinski definition) is 2. The van der Waals surface area contributed by atoms with Crippen molar-refractivity contribution in [2.24, 2.45) is 0 Å². The molecule has 2 nitrogen and oxygen atoms in total. The van der Waals surface area contributed by atoms with E-state index in [1.54, 1.807) is 0 Å². The number of anilines is 1. The Morgan fingerprint density at radius 2 is 0.893 bits per heavy atom. The number of benzene rings is 4. The van der Waals surface area contributed by atoms with Crippen molar-refractivity contribution in [2.45, 2.75) is 5.54 Å². The van der Waals surface area contributed by atoms with E-state index in [1.165, 1.54) is 0 Å². The van der Waals surface area contributed by atoms with Gasteiger partial charge in [0.2, 0.25) is 0 Å². The minimum Gasteiger partial charge on any atom is -0.319 e. The molecule has 4 rings (SSSR count). The van der Waals surface area contributed by atoms with Gasteiger partial charge in [-0.15, -0.1) is 0 Å². The molecule has 0 unspecified atom stereocenters. The molecule has 4 aromatic rings. The highest BCUT2D eigenvalue weighted by Gasteiger charge is 2.36. The number of halogens is 1. The highest BCUT2D eigenvalue weighted by Crippen LogP contribution is 2.37. The Morgan fingerprint density at radius 3 is 1.32 bits per heavy atom. The first-order valence-electron chi connectivity index (χ1n) is 9.25. The van der Waals surface area contributed by atoms with Crippen molar-refractivity contribution in [3.63, 3.8) is 0 Å². The molecule has 0 aliphatic rings. The minimum absolute atomic E-state index is 0.594. The Morgan fingerprint density at radius 1 is 0.500 bits per heavy atom. The van der Waals surface area contributed by atoms with E-state index in [-0.39, 0.29) is 0 Å². The third-order valence-electron chi connectivity index (χ3n) is 4.88. The van der Waals surface area contributed by atoms with E-state index in [0.29, 0.717) is 5.02 Å². The lowest BCUT2D eigenvalue weighted by atomic mass is 9.77. The van der Waals surface area contributed by atoms with Crippen LogP contribution in [0.5, 0.6) is 0 Å². The molecule has 0 aliphatic heterocycles. The summed E-state index contributed by atoms with van der Waals surface area (Å²) in [7, 11) is 0. The van der Waals surface area contributed by atoms with Gasteiger partial charge in [-0.05, 0) is 28.8 Å². The lowest BCUT2D eigenvalue weighted by Crippen LogP contribution is -2.47. The van der Waals surface area contributed by atoms with Gasteiger partial charge in [0.1, 0.15) is 5.54 Å². The molecular weight excluding hydrogens is 364 g/mol. The summed E-state index contributed by atoms with van der Waals surface area (Å²) < 4.78 is 0. The molecule has 0 bridgehead atoms. The Bertz CT molecular complexity index is 921. The third kappa shape index (κ3) is 3.53.